The minimum Gasteiger partial charge on any atom is -0.508 e. The Hall–Kier alpha value is -1.39. The second-order valence-electron chi connectivity index (χ2n) is 6.64. The van der Waals surface area contributed by atoms with Gasteiger partial charge in [-0.05, 0) is 38.8 Å². The number of rotatable bonds is 4. The summed E-state index contributed by atoms with van der Waals surface area (Å²) in [6.07, 6.45) is 0. The van der Waals surface area contributed by atoms with Gasteiger partial charge in [0.25, 0.3) is 0 Å². The fourth-order valence-corrected chi connectivity index (χ4v) is 3.20. The Balaban J connectivity index is 2.33. The van der Waals surface area contributed by atoms with Crippen molar-refractivity contribution in [2.24, 2.45) is 0 Å². The normalized spacial score (nSPS) is 12.1. The maximum atomic E-state index is 9.63. The van der Waals surface area contributed by atoms with E-state index in [2.05, 4.69) is 39.9 Å². The van der Waals surface area contributed by atoms with E-state index in [9.17, 15) is 5.11 Å². The van der Waals surface area contributed by atoms with Gasteiger partial charge in [0.05, 0.1) is 5.69 Å². The minimum absolute atomic E-state index is 0.0867. The summed E-state index contributed by atoms with van der Waals surface area (Å²) in [5, 5.41) is 14.1. The molecule has 0 saturated carbocycles. The number of aromatic nitrogens is 1. The average Bonchev–Trinajstić information content (AvgIpc) is 2.80. The zero-order valence-corrected chi connectivity index (χ0v) is 14.2. The molecule has 4 heteroatoms. The molecule has 1 aromatic heterocycles. The molecule has 2 aromatic rings. The van der Waals surface area contributed by atoms with Crippen LogP contribution in [0, 0.1) is 0 Å². The summed E-state index contributed by atoms with van der Waals surface area (Å²) in [5.74, 6) is 0.673. The van der Waals surface area contributed by atoms with Crippen LogP contribution in [0.2, 0.25) is 0 Å². The molecule has 0 aliphatic heterocycles. The van der Waals surface area contributed by atoms with E-state index in [0.717, 1.165) is 22.8 Å². The first-order valence-electron chi connectivity index (χ1n) is 7.30. The van der Waals surface area contributed by atoms with Crippen LogP contribution in [-0.4, -0.2) is 15.6 Å². The molecule has 0 fully saturated rings. The smallest absolute Gasteiger partial charge is 0.124 e. The van der Waals surface area contributed by atoms with Crippen molar-refractivity contribution in [2.45, 2.75) is 52.6 Å². The summed E-state index contributed by atoms with van der Waals surface area (Å²) in [7, 11) is 0. The van der Waals surface area contributed by atoms with Crippen LogP contribution in [0.4, 0.5) is 0 Å². The van der Waals surface area contributed by atoms with E-state index in [1.807, 2.05) is 12.1 Å². The van der Waals surface area contributed by atoms with E-state index in [4.69, 9.17) is 4.98 Å². The van der Waals surface area contributed by atoms with E-state index in [1.165, 1.54) is 4.88 Å². The highest BCUT2D eigenvalue weighted by atomic mass is 32.1. The summed E-state index contributed by atoms with van der Waals surface area (Å²) in [6.45, 7) is 11.7. The first kappa shape index (κ1) is 16.0. The van der Waals surface area contributed by atoms with Gasteiger partial charge in [-0.25, -0.2) is 4.98 Å². The van der Waals surface area contributed by atoms with Gasteiger partial charge in [0.2, 0.25) is 0 Å². The fraction of sp³-hybridized carbons (Fsp3) is 0.471. The SMILES string of the molecule is CC(C)c1nc(-c2cccc(O)c2)sc1CNC(C)(C)C. The van der Waals surface area contributed by atoms with Crippen molar-refractivity contribution < 1.29 is 5.11 Å². The summed E-state index contributed by atoms with van der Waals surface area (Å²) < 4.78 is 0. The number of hydrogen-bond donors (Lipinski definition) is 2. The monoisotopic (exact) mass is 304 g/mol. The number of nitrogens with one attached hydrogen (secondary N) is 1. The van der Waals surface area contributed by atoms with Crippen molar-refractivity contribution in [3.05, 3.63) is 34.8 Å². The van der Waals surface area contributed by atoms with E-state index < -0.39 is 0 Å². The number of aromatic hydroxyl groups is 1. The molecule has 0 radical (unpaired) electrons. The van der Waals surface area contributed by atoms with Gasteiger partial charge in [0.1, 0.15) is 10.8 Å². The van der Waals surface area contributed by atoms with Crippen LogP contribution in [0.5, 0.6) is 5.75 Å². The van der Waals surface area contributed by atoms with Crippen molar-refractivity contribution in [2.75, 3.05) is 0 Å². The van der Waals surface area contributed by atoms with Gasteiger partial charge in [-0.15, -0.1) is 11.3 Å². The third kappa shape index (κ3) is 4.29. The van der Waals surface area contributed by atoms with Gasteiger partial charge < -0.3 is 10.4 Å². The highest BCUT2D eigenvalue weighted by molar-refractivity contribution is 7.15. The Morgan fingerprint density at radius 1 is 1.29 bits per heavy atom. The van der Waals surface area contributed by atoms with E-state index in [1.54, 1.807) is 23.5 Å². The molecule has 0 atom stereocenters. The molecule has 0 bridgehead atoms. The standard InChI is InChI=1S/C17H24N2OS/c1-11(2)15-14(10-18-17(3,4)5)21-16(19-15)12-7-6-8-13(20)9-12/h6-9,11,18,20H,10H2,1-5H3. The fourth-order valence-electron chi connectivity index (χ4n) is 2.05. The van der Waals surface area contributed by atoms with Crippen molar-refractivity contribution >= 4 is 11.3 Å². The molecular weight excluding hydrogens is 280 g/mol. The molecule has 0 unspecified atom stereocenters. The van der Waals surface area contributed by atoms with Crippen LogP contribution in [0.25, 0.3) is 10.6 Å². The number of thiazole rings is 1. The zero-order chi connectivity index (χ0) is 15.6. The summed E-state index contributed by atoms with van der Waals surface area (Å²) in [6, 6.07) is 7.30. The summed E-state index contributed by atoms with van der Waals surface area (Å²) >= 11 is 1.71. The largest absolute Gasteiger partial charge is 0.508 e. The Morgan fingerprint density at radius 2 is 2.00 bits per heavy atom. The molecule has 3 nitrogen and oxygen atoms in total. The highest BCUT2D eigenvalue weighted by Gasteiger charge is 2.17. The van der Waals surface area contributed by atoms with E-state index >= 15 is 0 Å². The van der Waals surface area contributed by atoms with E-state index in [-0.39, 0.29) is 11.3 Å². The van der Waals surface area contributed by atoms with Crippen LogP contribution in [0.1, 0.15) is 51.1 Å². The maximum absolute atomic E-state index is 9.63. The molecule has 0 saturated heterocycles. The minimum atomic E-state index is 0.0867. The molecule has 21 heavy (non-hydrogen) atoms. The van der Waals surface area contributed by atoms with Gasteiger partial charge in [-0.1, -0.05) is 26.0 Å². The summed E-state index contributed by atoms with van der Waals surface area (Å²) in [5.41, 5.74) is 2.21. The molecule has 0 aliphatic carbocycles. The third-order valence-corrected chi connectivity index (χ3v) is 4.27. The molecule has 114 valence electrons. The summed E-state index contributed by atoms with van der Waals surface area (Å²) in [4.78, 5) is 6.07. The molecule has 0 spiro atoms. The van der Waals surface area contributed by atoms with Crippen LogP contribution in [0.3, 0.4) is 0 Å². The lowest BCUT2D eigenvalue weighted by molar-refractivity contribution is 0.425. The number of nitrogens with zero attached hydrogens (tertiary/aromatic N) is 1. The Bertz CT molecular complexity index is 611. The average molecular weight is 304 g/mol. The molecular formula is C17H24N2OS. The maximum Gasteiger partial charge on any atom is 0.124 e. The number of hydrogen-bond acceptors (Lipinski definition) is 4. The van der Waals surface area contributed by atoms with E-state index in [0.29, 0.717) is 5.92 Å². The van der Waals surface area contributed by atoms with Crippen LogP contribution in [0.15, 0.2) is 24.3 Å². The van der Waals surface area contributed by atoms with Crippen molar-refractivity contribution in [3.8, 4) is 16.3 Å². The van der Waals surface area contributed by atoms with Crippen molar-refractivity contribution in [1.82, 2.24) is 10.3 Å². The number of benzene rings is 1. The van der Waals surface area contributed by atoms with Gasteiger partial charge in [-0.3, -0.25) is 0 Å². The zero-order valence-electron chi connectivity index (χ0n) is 13.4. The molecule has 2 N–H and O–H groups in total. The molecule has 0 amide bonds. The molecule has 1 aromatic carbocycles. The first-order valence-corrected chi connectivity index (χ1v) is 8.12. The molecule has 0 aliphatic rings. The quantitative estimate of drug-likeness (QED) is 0.872. The third-order valence-electron chi connectivity index (χ3n) is 3.15. The van der Waals surface area contributed by atoms with Gasteiger partial charge in [-0.2, -0.15) is 0 Å². The second kappa shape index (κ2) is 6.16. The lowest BCUT2D eigenvalue weighted by atomic mass is 10.1. The van der Waals surface area contributed by atoms with Crippen molar-refractivity contribution in [1.29, 1.82) is 0 Å². The molecule has 2 rings (SSSR count). The number of phenolic OH excluding ortho intramolecular Hbond substituents is 1. The lowest BCUT2D eigenvalue weighted by Gasteiger charge is -2.20. The Morgan fingerprint density at radius 3 is 2.57 bits per heavy atom. The van der Waals surface area contributed by atoms with Crippen LogP contribution in [-0.2, 0) is 6.54 Å². The number of phenols is 1. The van der Waals surface area contributed by atoms with Crippen LogP contribution < -0.4 is 5.32 Å². The Kier molecular flexibility index (Phi) is 4.69. The first-order chi connectivity index (χ1) is 9.76. The predicted octanol–water partition coefficient (Wildman–Crippen LogP) is 4.53. The van der Waals surface area contributed by atoms with Crippen LogP contribution >= 0.6 is 11.3 Å². The predicted molar refractivity (Wildman–Crippen MR) is 89.9 cm³/mol. The highest BCUT2D eigenvalue weighted by Crippen LogP contribution is 2.33. The van der Waals surface area contributed by atoms with Gasteiger partial charge in [0.15, 0.2) is 0 Å². The topological polar surface area (TPSA) is 45.2 Å². The molecule has 1 heterocycles. The Labute approximate surface area is 131 Å². The lowest BCUT2D eigenvalue weighted by Crippen LogP contribution is -2.35. The second-order valence-corrected chi connectivity index (χ2v) is 7.72. The van der Waals surface area contributed by atoms with Gasteiger partial charge >= 0.3 is 0 Å². The van der Waals surface area contributed by atoms with Crippen molar-refractivity contribution in [3.63, 3.8) is 0 Å². The van der Waals surface area contributed by atoms with Gasteiger partial charge in [0, 0.05) is 22.5 Å².